The Labute approximate surface area is 142 Å². The van der Waals surface area contributed by atoms with E-state index in [0.717, 1.165) is 15.2 Å². The number of hydrogen-bond acceptors (Lipinski definition) is 4. The molecular formula is C15H17BrN4OS. The van der Waals surface area contributed by atoms with Gasteiger partial charge in [0.2, 0.25) is 5.91 Å². The highest BCUT2D eigenvalue weighted by atomic mass is 79.9. The van der Waals surface area contributed by atoms with E-state index in [2.05, 4.69) is 36.0 Å². The minimum atomic E-state index is -0.0116. The molecule has 22 heavy (non-hydrogen) atoms. The predicted molar refractivity (Wildman–Crippen MR) is 89.7 cm³/mol. The first-order valence-electron chi connectivity index (χ1n) is 7.20. The number of nitrogens with zero attached hydrogens (tertiary/aromatic N) is 3. The molecular weight excluding hydrogens is 364 g/mol. The van der Waals surface area contributed by atoms with E-state index in [1.807, 2.05) is 31.2 Å². The molecule has 1 saturated carbocycles. The van der Waals surface area contributed by atoms with Crippen LogP contribution in [0.25, 0.3) is 0 Å². The summed E-state index contributed by atoms with van der Waals surface area (Å²) in [7, 11) is 0. The normalized spacial score (nSPS) is 15.5. The first-order chi connectivity index (χ1) is 10.6. The van der Waals surface area contributed by atoms with Crippen LogP contribution in [0.15, 0.2) is 40.2 Å². The molecule has 0 aliphatic heterocycles. The Balaban J connectivity index is 1.51. The third-order valence-electron chi connectivity index (χ3n) is 3.56. The summed E-state index contributed by atoms with van der Waals surface area (Å²) in [4.78, 5) is 12.1. The summed E-state index contributed by atoms with van der Waals surface area (Å²) < 4.78 is 3.10. The molecule has 1 amide bonds. The van der Waals surface area contributed by atoms with Gasteiger partial charge in [0.1, 0.15) is 6.33 Å². The highest BCUT2D eigenvalue weighted by Gasteiger charge is 2.26. The van der Waals surface area contributed by atoms with Crippen molar-refractivity contribution in [2.75, 3.05) is 5.75 Å². The summed E-state index contributed by atoms with van der Waals surface area (Å²) in [5.41, 5.74) is 1.09. The number of benzene rings is 1. The Hall–Kier alpha value is -1.34. The van der Waals surface area contributed by atoms with Crippen LogP contribution in [-0.2, 0) is 4.79 Å². The van der Waals surface area contributed by atoms with Crippen molar-refractivity contribution < 1.29 is 4.79 Å². The van der Waals surface area contributed by atoms with Crippen molar-refractivity contribution in [3.05, 3.63) is 40.6 Å². The van der Waals surface area contributed by atoms with E-state index in [9.17, 15) is 4.79 Å². The number of rotatable bonds is 6. The largest absolute Gasteiger partial charge is 0.349 e. The van der Waals surface area contributed by atoms with Crippen LogP contribution in [0.1, 0.15) is 37.4 Å². The molecule has 5 nitrogen and oxygen atoms in total. The molecule has 0 saturated heterocycles. The van der Waals surface area contributed by atoms with Gasteiger partial charge in [-0.3, -0.25) is 4.79 Å². The van der Waals surface area contributed by atoms with Gasteiger partial charge in [-0.15, -0.1) is 10.2 Å². The Morgan fingerprint density at radius 1 is 1.45 bits per heavy atom. The van der Waals surface area contributed by atoms with E-state index in [1.165, 1.54) is 24.6 Å². The van der Waals surface area contributed by atoms with Crippen LogP contribution in [0, 0.1) is 0 Å². The molecule has 1 atom stereocenters. The number of carbonyl (C=O) groups excluding carboxylic acids is 1. The molecule has 116 valence electrons. The molecule has 0 radical (unpaired) electrons. The fourth-order valence-electron chi connectivity index (χ4n) is 2.19. The molecule has 7 heteroatoms. The Morgan fingerprint density at radius 3 is 2.86 bits per heavy atom. The van der Waals surface area contributed by atoms with Gasteiger partial charge < -0.3 is 9.88 Å². The standard InChI is InChI=1S/C15H17BrN4OS/c1-10(11-2-4-12(16)5-3-11)18-14(21)8-22-15-19-17-9-20(15)13-6-7-13/h2-5,9-10,13H,6-8H2,1H3,(H,18,21). The van der Waals surface area contributed by atoms with E-state index in [0.29, 0.717) is 11.8 Å². The van der Waals surface area contributed by atoms with Gasteiger partial charge in [-0.05, 0) is 37.5 Å². The number of nitrogens with one attached hydrogen (secondary N) is 1. The zero-order valence-electron chi connectivity index (χ0n) is 12.2. The molecule has 2 aromatic rings. The number of thioether (sulfide) groups is 1. The van der Waals surface area contributed by atoms with Crippen molar-refractivity contribution in [3.8, 4) is 0 Å². The van der Waals surface area contributed by atoms with Crippen molar-refractivity contribution in [1.82, 2.24) is 20.1 Å². The maximum absolute atomic E-state index is 12.1. The Bertz CT molecular complexity index is 654. The SMILES string of the molecule is CC(NC(=O)CSc1nncn1C1CC1)c1ccc(Br)cc1. The van der Waals surface area contributed by atoms with E-state index in [1.54, 1.807) is 6.33 Å². The average molecular weight is 381 g/mol. The topological polar surface area (TPSA) is 59.8 Å². The van der Waals surface area contributed by atoms with Crippen LogP contribution in [0.5, 0.6) is 0 Å². The summed E-state index contributed by atoms with van der Waals surface area (Å²) in [6.07, 6.45) is 4.11. The number of hydrogen-bond donors (Lipinski definition) is 1. The summed E-state index contributed by atoms with van der Waals surface area (Å²) in [5, 5.41) is 11.9. The third kappa shape index (κ3) is 3.89. The second-order valence-electron chi connectivity index (χ2n) is 5.38. The zero-order valence-corrected chi connectivity index (χ0v) is 14.6. The van der Waals surface area contributed by atoms with Crippen LogP contribution in [0.4, 0.5) is 0 Å². The van der Waals surface area contributed by atoms with Crippen molar-refractivity contribution in [1.29, 1.82) is 0 Å². The quantitative estimate of drug-likeness (QED) is 0.780. The molecule has 1 heterocycles. The molecule has 1 unspecified atom stereocenters. The van der Waals surface area contributed by atoms with Gasteiger partial charge in [0.25, 0.3) is 0 Å². The number of halogens is 1. The molecule has 3 rings (SSSR count). The monoisotopic (exact) mass is 380 g/mol. The van der Waals surface area contributed by atoms with Crippen molar-refractivity contribution in [3.63, 3.8) is 0 Å². The lowest BCUT2D eigenvalue weighted by Gasteiger charge is -2.14. The van der Waals surface area contributed by atoms with Gasteiger partial charge >= 0.3 is 0 Å². The maximum Gasteiger partial charge on any atom is 0.230 e. The first kappa shape index (κ1) is 15.6. The summed E-state index contributed by atoms with van der Waals surface area (Å²) in [5.74, 6) is 0.359. The van der Waals surface area contributed by atoms with Gasteiger partial charge in [-0.1, -0.05) is 39.8 Å². The second-order valence-corrected chi connectivity index (χ2v) is 7.24. The minimum absolute atomic E-state index is 0.00534. The van der Waals surface area contributed by atoms with Gasteiger partial charge in [-0.25, -0.2) is 0 Å². The second kappa shape index (κ2) is 6.83. The van der Waals surface area contributed by atoms with Crippen molar-refractivity contribution in [2.45, 2.75) is 37.0 Å². The summed E-state index contributed by atoms with van der Waals surface area (Å²) >= 11 is 4.85. The Kier molecular flexibility index (Phi) is 4.83. The zero-order chi connectivity index (χ0) is 15.5. The molecule has 0 bridgehead atoms. The predicted octanol–water partition coefficient (Wildman–Crippen LogP) is 3.35. The fourth-order valence-corrected chi connectivity index (χ4v) is 3.24. The molecule has 1 aromatic heterocycles. The van der Waals surface area contributed by atoms with E-state index in [-0.39, 0.29) is 11.9 Å². The highest BCUT2D eigenvalue weighted by molar-refractivity contribution is 9.10. The van der Waals surface area contributed by atoms with Crippen LogP contribution in [0.3, 0.4) is 0 Å². The van der Waals surface area contributed by atoms with Crippen LogP contribution in [0.2, 0.25) is 0 Å². The molecule has 1 aliphatic carbocycles. The molecule has 1 aromatic carbocycles. The minimum Gasteiger partial charge on any atom is -0.349 e. The smallest absolute Gasteiger partial charge is 0.230 e. The highest BCUT2D eigenvalue weighted by Crippen LogP contribution is 2.37. The maximum atomic E-state index is 12.1. The van der Waals surface area contributed by atoms with Gasteiger partial charge in [-0.2, -0.15) is 0 Å². The van der Waals surface area contributed by atoms with Crippen LogP contribution >= 0.6 is 27.7 Å². The molecule has 1 fully saturated rings. The molecule has 0 spiro atoms. The lowest BCUT2D eigenvalue weighted by Crippen LogP contribution is -2.28. The Morgan fingerprint density at radius 2 is 2.18 bits per heavy atom. The first-order valence-corrected chi connectivity index (χ1v) is 8.98. The number of carbonyl (C=O) groups is 1. The number of aromatic nitrogens is 3. The van der Waals surface area contributed by atoms with Crippen LogP contribution < -0.4 is 5.32 Å². The fraction of sp³-hybridized carbons (Fsp3) is 0.400. The molecule has 1 aliphatic rings. The summed E-state index contributed by atoms with van der Waals surface area (Å²) in [6.45, 7) is 1.98. The van der Waals surface area contributed by atoms with Gasteiger partial charge in [0.15, 0.2) is 5.16 Å². The third-order valence-corrected chi connectivity index (χ3v) is 5.05. The van der Waals surface area contributed by atoms with Gasteiger partial charge in [0, 0.05) is 10.5 Å². The average Bonchev–Trinajstić information content (AvgIpc) is 3.24. The van der Waals surface area contributed by atoms with Crippen molar-refractivity contribution >= 4 is 33.6 Å². The van der Waals surface area contributed by atoms with E-state index >= 15 is 0 Å². The lowest BCUT2D eigenvalue weighted by atomic mass is 10.1. The molecule has 1 N–H and O–H groups in total. The van der Waals surface area contributed by atoms with Crippen molar-refractivity contribution in [2.24, 2.45) is 0 Å². The van der Waals surface area contributed by atoms with E-state index in [4.69, 9.17) is 0 Å². The summed E-state index contributed by atoms with van der Waals surface area (Å²) in [6, 6.07) is 8.48. The van der Waals surface area contributed by atoms with Gasteiger partial charge in [0.05, 0.1) is 11.8 Å². The van der Waals surface area contributed by atoms with E-state index < -0.39 is 0 Å². The lowest BCUT2D eigenvalue weighted by molar-refractivity contribution is -0.119. The number of amides is 1. The van der Waals surface area contributed by atoms with Crippen LogP contribution in [-0.4, -0.2) is 26.4 Å².